The monoisotopic (exact) mass is 384 g/mol. The van der Waals surface area contributed by atoms with Gasteiger partial charge in [-0.25, -0.2) is 14.4 Å². The van der Waals surface area contributed by atoms with Crippen LogP contribution in [0.25, 0.3) is 11.1 Å². The third-order valence-electron chi connectivity index (χ3n) is 5.00. The van der Waals surface area contributed by atoms with E-state index in [-0.39, 0.29) is 23.5 Å². The van der Waals surface area contributed by atoms with Gasteiger partial charge in [-0.3, -0.25) is 9.59 Å². The molecule has 1 N–H and O–H groups in total. The first-order chi connectivity index (χ1) is 13.3. The number of aryl methyl sites for hydroxylation is 1. The lowest BCUT2D eigenvalue weighted by Crippen LogP contribution is -2.49. The predicted molar refractivity (Wildman–Crippen MR) is 104 cm³/mol. The zero-order valence-electron chi connectivity index (χ0n) is 16.4. The molecular weight excluding hydrogens is 359 g/mol. The maximum Gasteiger partial charge on any atom is 0.244 e. The Kier molecular flexibility index (Phi) is 6.02. The average Bonchev–Trinajstić information content (AvgIpc) is 2.67. The molecule has 3 rings (SSSR count). The number of amides is 2. The molecule has 0 saturated carbocycles. The highest BCUT2D eigenvalue weighted by atomic mass is 19.1. The number of benzene rings is 1. The molecule has 0 aliphatic carbocycles. The molecule has 1 fully saturated rings. The minimum Gasteiger partial charge on any atom is -0.345 e. The van der Waals surface area contributed by atoms with Gasteiger partial charge in [-0.1, -0.05) is 12.1 Å². The number of likely N-dealkylation sites (tertiary alicyclic amines) is 1. The van der Waals surface area contributed by atoms with E-state index in [1.165, 1.54) is 19.1 Å². The molecule has 0 spiro atoms. The van der Waals surface area contributed by atoms with E-state index in [1.54, 1.807) is 30.2 Å². The topological polar surface area (TPSA) is 75.2 Å². The predicted octanol–water partition coefficient (Wildman–Crippen LogP) is 2.82. The van der Waals surface area contributed by atoms with E-state index in [1.807, 2.05) is 6.92 Å². The first-order valence-corrected chi connectivity index (χ1v) is 9.50. The number of rotatable bonds is 4. The molecule has 0 radical (unpaired) electrons. The van der Waals surface area contributed by atoms with Gasteiger partial charge >= 0.3 is 0 Å². The first kappa shape index (κ1) is 19.9. The van der Waals surface area contributed by atoms with Crippen LogP contribution in [0, 0.1) is 12.7 Å². The van der Waals surface area contributed by atoms with E-state index in [4.69, 9.17) is 0 Å². The highest BCUT2D eigenvalue weighted by Gasteiger charge is 2.30. The number of hydrogen-bond donors (Lipinski definition) is 1. The molecule has 7 heteroatoms. The summed E-state index contributed by atoms with van der Waals surface area (Å²) in [5, 5.41) is 2.65. The second-order valence-electron chi connectivity index (χ2n) is 7.27. The normalized spacial score (nSPS) is 17.9. The lowest BCUT2D eigenvalue weighted by atomic mass is 9.89. The van der Waals surface area contributed by atoms with Gasteiger partial charge in [0.2, 0.25) is 11.8 Å². The number of carbonyl (C=O) groups is 2. The van der Waals surface area contributed by atoms with Gasteiger partial charge in [0.1, 0.15) is 17.7 Å². The number of hydrogen-bond acceptors (Lipinski definition) is 4. The van der Waals surface area contributed by atoms with Gasteiger partial charge in [-0.15, -0.1) is 0 Å². The van der Waals surface area contributed by atoms with E-state index >= 15 is 0 Å². The van der Waals surface area contributed by atoms with Crippen molar-refractivity contribution in [2.75, 3.05) is 13.1 Å². The maximum atomic E-state index is 13.3. The smallest absolute Gasteiger partial charge is 0.244 e. The molecule has 1 aromatic carbocycles. The zero-order chi connectivity index (χ0) is 20.3. The Morgan fingerprint density at radius 1 is 1.29 bits per heavy atom. The second-order valence-corrected chi connectivity index (χ2v) is 7.27. The summed E-state index contributed by atoms with van der Waals surface area (Å²) in [4.78, 5) is 34.7. The average molecular weight is 384 g/mol. The quantitative estimate of drug-likeness (QED) is 0.880. The molecule has 1 aromatic heterocycles. The molecule has 2 aromatic rings. The Morgan fingerprint density at radius 3 is 2.68 bits per heavy atom. The molecule has 1 aliphatic heterocycles. The fraction of sp³-hybridized carbons (Fsp3) is 0.429. The summed E-state index contributed by atoms with van der Waals surface area (Å²) >= 11 is 0. The molecule has 1 aliphatic rings. The van der Waals surface area contributed by atoms with Crippen molar-refractivity contribution in [2.24, 2.45) is 0 Å². The Balaban J connectivity index is 1.86. The maximum absolute atomic E-state index is 13.3. The number of piperidine rings is 1. The molecule has 28 heavy (non-hydrogen) atoms. The van der Waals surface area contributed by atoms with Crippen molar-refractivity contribution in [1.29, 1.82) is 0 Å². The molecule has 0 bridgehead atoms. The summed E-state index contributed by atoms with van der Waals surface area (Å²) in [5.41, 5.74) is 2.59. The number of nitrogens with zero attached hydrogens (tertiary/aromatic N) is 3. The molecule has 2 heterocycles. The van der Waals surface area contributed by atoms with Crippen LogP contribution in [-0.2, 0) is 9.59 Å². The Hall–Kier alpha value is -2.83. The third kappa shape index (κ3) is 4.52. The van der Waals surface area contributed by atoms with Crippen molar-refractivity contribution in [3.8, 4) is 11.1 Å². The van der Waals surface area contributed by atoms with Gasteiger partial charge < -0.3 is 10.2 Å². The van der Waals surface area contributed by atoms with Gasteiger partial charge in [0.15, 0.2) is 0 Å². The third-order valence-corrected chi connectivity index (χ3v) is 5.00. The van der Waals surface area contributed by atoms with E-state index < -0.39 is 6.04 Å². The molecule has 2 atom stereocenters. The lowest BCUT2D eigenvalue weighted by Gasteiger charge is -2.34. The van der Waals surface area contributed by atoms with Gasteiger partial charge in [0.05, 0.1) is 5.69 Å². The van der Waals surface area contributed by atoms with Crippen LogP contribution in [-0.4, -0.2) is 45.8 Å². The van der Waals surface area contributed by atoms with Gasteiger partial charge in [0, 0.05) is 37.7 Å². The van der Waals surface area contributed by atoms with Crippen LogP contribution in [0.15, 0.2) is 30.5 Å². The highest BCUT2D eigenvalue weighted by Crippen LogP contribution is 2.33. The number of aromatic nitrogens is 2. The SMILES string of the molecule is CC(=O)N[C@@H](C)C(=O)N1CCC[C@@H](c2nc(C)ncc2-c2ccc(F)cc2)C1. The molecule has 2 amide bonds. The van der Waals surface area contributed by atoms with Crippen molar-refractivity contribution in [3.63, 3.8) is 0 Å². The van der Waals surface area contributed by atoms with Crippen LogP contribution < -0.4 is 5.32 Å². The lowest BCUT2D eigenvalue weighted by molar-refractivity contribution is -0.136. The number of carbonyl (C=O) groups excluding carboxylic acids is 2. The van der Waals surface area contributed by atoms with Crippen molar-refractivity contribution in [2.45, 2.75) is 45.6 Å². The number of nitrogens with one attached hydrogen (secondary N) is 1. The van der Waals surface area contributed by atoms with Crippen LogP contribution >= 0.6 is 0 Å². The minimum absolute atomic E-state index is 0.0592. The second kappa shape index (κ2) is 8.46. The van der Waals surface area contributed by atoms with Crippen molar-refractivity contribution in [1.82, 2.24) is 20.2 Å². The van der Waals surface area contributed by atoms with Crippen LogP contribution in [0.5, 0.6) is 0 Å². The van der Waals surface area contributed by atoms with Crippen molar-refractivity contribution >= 4 is 11.8 Å². The van der Waals surface area contributed by atoms with E-state index in [9.17, 15) is 14.0 Å². The van der Waals surface area contributed by atoms with Gasteiger partial charge in [0.25, 0.3) is 0 Å². The van der Waals surface area contributed by atoms with Crippen LogP contribution in [0.2, 0.25) is 0 Å². The van der Waals surface area contributed by atoms with Gasteiger partial charge in [-0.05, 0) is 44.4 Å². The fourth-order valence-corrected chi connectivity index (χ4v) is 3.69. The van der Waals surface area contributed by atoms with E-state index in [0.29, 0.717) is 18.9 Å². The molecule has 6 nitrogen and oxygen atoms in total. The number of halogens is 1. The Labute approximate surface area is 164 Å². The highest BCUT2D eigenvalue weighted by molar-refractivity contribution is 5.86. The zero-order valence-corrected chi connectivity index (χ0v) is 16.4. The first-order valence-electron chi connectivity index (χ1n) is 9.50. The molecule has 148 valence electrons. The molecule has 0 unspecified atom stereocenters. The van der Waals surface area contributed by atoms with Crippen molar-refractivity contribution in [3.05, 3.63) is 47.8 Å². The van der Waals surface area contributed by atoms with Gasteiger partial charge in [-0.2, -0.15) is 0 Å². The summed E-state index contributed by atoms with van der Waals surface area (Å²) < 4.78 is 13.3. The van der Waals surface area contributed by atoms with E-state index in [0.717, 1.165) is 29.7 Å². The largest absolute Gasteiger partial charge is 0.345 e. The standard InChI is InChI=1S/C21H25FN4O2/c1-13(24-15(3)27)21(28)26-10-4-5-17(12-26)20-19(11-23-14(2)25-20)16-6-8-18(22)9-7-16/h6-9,11,13,17H,4-5,10,12H2,1-3H3,(H,24,27)/t13-,17+/m0/s1. The van der Waals surface area contributed by atoms with Crippen LogP contribution in [0.4, 0.5) is 4.39 Å². The summed E-state index contributed by atoms with van der Waals surface area (Å²) in [7, 11) is 0. The van der Waals surface area contributed by atoms with E-state index in [2.05, 4.69) is 15.3 Å². The Bertz CT molecular complexity index is 869. The fourth-order valence-electron chi connectivity index (χ4n) is 3.69. The molecule has 1 saturated heterocycles. The summed E-state index contributed by atoms with van der Waals surface area (Å²) in [6, 6.07) is 5.73. The summed E-state index contributed by atoms with van der Waals surface area (Å²) in [5.74, 6) is 0.119. The minimum atomic E-state index is -0.556. The Morgan fingerprint density at radius 2 is 2.00 bits per heavy atom. The van der Waals surface area contributed by atoms with Crippen LogP contribution in [0.1, 0.15) is 44.1 Å². The summed E-state index contributed by atoms with van der Waals surface area (Å²) in [6.45, 7) is 6.14. The van der Waals surface area contributed by atoms with Crippen LogP contribution in [0.3, 0.4) is 0 Å². The summed E-state index contributed by atoms with van der Waals surface area (Å²) in [6.07, 6.45) is 3.53. The molecular formula is C21H25FN4O2. The van der Waals surface area contributed by atoms with Crippen molar-refractivity contribution < 1.29 is 14.0 Å².